The molecule has 7 N–H and O–H groups in total. The molecule has 0 amide bonds. The normalized spacial score (nSPS) is 54.5. The molecule has 0 aromatic rings. The van der Waals surface area contributed by atoms with Gasteiger partial charge in [-0.3, -0.25) is 4.79 Å². The summed E-state index contributed by atoms with van der Waals surface area (Å²) in [5.41, 5.74) is -2.80. The predicted molar refractivity (Wildman–Crippen MR) is 129 cm³/mol. The number of ether oxygens (including phenoxy) is 2. The zero-order valence-corrected chi connectivity index (χ0v) is 22.0. The van der Waals surface area contributed by atoms with Crippen molar-refractivity contribution in [1.29, 1.82) is 0 Å². The van der Waals surface area contributed by atoms with Crippen LogP contribution >= 0.6 is 0 Å². The first-order valence-electron chi connectivity index (χ1n) is 13.9. The van der Waals surface area contributed by atoms with Crippen LogP contribution in [-0.4, -0.2) is 103 Å². The number of carbonyl (C=O) groups is 2. The molecule has 0 aromatic heterocycles. The average Bonchev–Trinajstić information content (AvgIpc) is 3.13. The standard InChI is InChI=1S/C27H42O11/c1-25-7-5-13(28)9-12(25)3-4-14-15-6-8-27(36,26(15,2)10-16(29)18(14)25)17(30)11-37-24-21(33)19(31)20(32)22(38-24)23(34)35/h12-16,18-22,24,28-29,31-33,36H,3-11H2,1-2H3,(H,34,35)/t12-,13+,14-,15-,16-,18?,19-,20-,21+,22-,24+,25-,26-,27-/m0/s1. The van der Waals surface area contributed by atoms with Crippen LogP contribution in [0.1, 0.15) is 65.2 Å². The van der Waals surface area contributed by atoms with Crippen molar-refractivity contribution in [2.24, 2.45) is 34.5 Å². The third kappa shape index (κ3) is 4.08. The van der Waals surface area contributed by atoms with Crippen LogP contribution in [0.5, 0.6) is 0 Å². The Hall–Kier alpha value is -1.18. The molecular formula is C27H42O11. The maximum Gasteiger partial charge on any atom is 0.335 e. The summed E-state index contributed by atoms with van der Waals surface area (Å²) in [5, 5.41) is 72.9. The van der Waals surface area contributed by atoms with Crippen molar-refractivity contribution < 1.29 is 54.8 Å². The summed E-state index contributed by atoms with van der Waals surface area (Å²) in [4.78, 5) is 24.8. The van der Waals surface area contributed by atoms with Crippen molar-refractivity contribution in [3.8, 4) is 0 Å². The van der Waals surface area contributed by atoms with Gasteiger partial charge in [0.15, 0.2) is 18.2 Å². The number of rotatable bonds is 5. The van der Waals surface area contributed by atoms with E-state index in [0.717, 1.165) is 25.7 Å². The van der Waals surface area contributed by atoms with Crippen molar-refractivity contribution >= 4 is 11.8 Å². The molecule has 5 rings (SSSR count). The van der Waals surface area contributed by atoms with Gasteiger partial charge in [0.05, 0.1) is 12.2 Å². The van der Waals surface area contributed by atoms with Gasteiger partial charge in [0.25, 0.3) is 0 Å². The Morgan fingerprint density at radius 2 is 1.66 bits per heavy atom. The summed E-state index contributed by atoms with van der Waals surface area (Å²) in [7, 11) is 0. The van der Waals surface area contributed by atoms with Gasteiger partial charge in [0.1, 0.15) is 30.5 Å². The molecule has 4 aliphatic carbocycles. The second kappa shape index (κ2) is 9.73. The molecule has 4 saturated carbocycles. The quantitative estimate of drug-likeness (QED) is 0.238. The van der Waals surface area contributed by atoms with E-state index in [4.69, 9.17) is 9.47 Å². The van der Waals surface area contributed by atoms with E-state index in [1.165, 1.54) is 0 Å². The zero-order chi connectivity index (χ0) is 27.8. The SMILES string of the molecule is C[C@]12C[C@H](O)C3[C@@H](CC[C@H]4C[C@H](O)CC[C@]34C)[C@@H]1CC[C@]2(O)C(=O)CO[C@@H]1O[C@H](C(=O)O)[C@@H](O)[C@H](O)[C@H]1O. The van der Waals surface area contributed by atoms with E-state index >= 15 is 0 Å². The first-order chi connectivity index (χ1) is 17.7. The van der Waals surface area contributed by atoms with Crippen LogP contribution in [-0.2, 0) is 19.1 Å². The van der Waals surface area contributed by atoms with E-state index in [0.29, 0.717) is 18.8 Å². The van der Waals surface area contributed by atoms with Crippen LogP contribution in [0.2, 0.25) is 0 Å². The smallest absolute Gasteiger partial charge is 0.335 e. The molecule has 1 saturated heterocycles. The number of carboxylic acid groups (broad SMARTS) is 1. The highest BCUT2D eigenvalue weighted by Gasteiger charge is 2.68. The van der Waals surface area contributed by atoms with E-state index in [2.05, 4.69) is 6.92 Å². The lowest BCUT2D eigenvalue weighted by atomic mass is 9.43. The number of aliphatic hydroxyl groups excluding tert-OH is 5. The van der Waals surface area contributed by atoms with Gasteiger partial charge < -0.3 is 45.2 Å². The summed E-state index contributed by atoms with van der Waals surface area (Å²) >= 11 is 0. The van der Waals surface area contributed by atoms with Gasteiger partial charge in [-0.2, -0.15) is 0 Å². The first kappa shape index (κ1) is 28.4. The topological polar surface area (TPSA) is 194 Å². The van der Waals surface area contributed by atoms with Crippen LogP contribution < -0.4 is 0 Å². The molecule has 11 heteroatoms. The minimum atomic E-state index is -1.88. The van der Waals surface area contributed by atoms with Crippen LogP contribution in [0, 0.1) is 34.5 Å². The molecule has 1 heterocycles. The maximum absolute atomic E-state index is 13.5. The van der Waals surface area contributed by atoms with Gasteiger partial charge in [-0.05, 0) is 80.5 Å². The Morgan fingerprint density at radius 3 is 2.34 bits per heavy atom. The highest BCUT2D eigenvalue weighted by molar-refractivity contribution is 5.89. The molecule has 38 heavy (non-hydrogen) atoms. The Morgan fingerprint density at radius 1 is 0.947 bits per heavy atom. The fraction of sp³-hybridized carbons (Fsp3) is 0.926. The first-order valence-corrected chi connectivity index (χ1v) is 13.9. The largest absolute Gasteiger partial charge is 0.479 e. The van der Waals surface area contributed by atoms with Gasteiger partial charge in [0, 0.05) is 5.41 Å². The molecule has 0 spiro atoms. The number of Topliss-reactive ketones (excluding diaryl/α,β-unsaturated/α-hetero) is 1. The number of carbonyl (C=O) groups excluding carboxylic acids is 1. The summed E-state index contributed by atoms with van der Waals surface area (Å²) in [6.07, 6.45) is -4.90. The molecule has 0 radical (unpaired) electrons. The number of carboxylic acids is 1. The number of aliphatic hydroxyl groups is 6. The zero-order valence-electron chi connectivity index (χ0n) is 22.0. The van der Waals surface area contributed by atoms with Crippen molar-refractivity contribution in [2.45, 2.75) is 114 Å². The molecule has 5 fully saturated rings. The van der Waals surface area contributed by atoms with E-state index in [-0.39, 0.29) is 42.1 Å². The van der Waals surface area contributed by atoms with Gasteiger partial charge in [-0.25, -0.2) is 4.79 Å². The van der Waals surface area contributed by atoms with Gasteiger partial charge >= 0.3 is 5.97 Å². The summed E-state index contributed by atoms with van der Waals surface area (Å²) in [5.74, 6) is -1.69. The lowest BCUT2D eigenvalue weighted by Crippen LogP contribution is -2.63. The lowest BCUT2D eigenvalue weighted by molar-refractivity contribution is -0.293. The average molecular weight is 543 g/mol. The Bertz CT molecular complexity index is 944. The fourth-order valence-electron chi connectivity index (χ4n) is 9.29. The van der Waals surface area contributed by atoms with Gasteiger partial charge in [0.2, 0.25) is 0 Å². The second-order valence-corrected chi connectivity index (χ2v) is 13.1. The van der Waals surface area contributed by atoms with Crippen LogP contribution in [0.25, 0.3) is 0 Å². The monoisotopic (exact) mass is 542 g/mol. The maximum atomic E-state index is 13.5. The fourth-order valence-corrected chi connectivity index (χ4v) is 9.29. The van der Waals surface area contributed by atoms with Crippen LogP contribution in [0.3, 0.4) is 0 Å². The lowest BCUT2D eigenvalue weighted by Gasteiger charge is -2.62. The van der Waals surface area contributed by atoms with Crippen molar-refractivity contribution in [3.05, 3.63) is 0 Å². The Kier molecular flexibility index (Phi) is 7.26. The third-order valence-corrected chi connectivity index (χ3v) is 11.4. The second-order valence-electron chi connectivity index (χ2n) is 13.1. The van der Waals surface area contributed by atoms with E-state index in [1.807, 2.05) is 6.92 Å². The molecule has 216 valence electrons. The van der Waals surface area contributed by atoms with Crippen molar-refractivity contribution in [1.82, 2.24) is 0 Å². The predicted octanol–water partition coefficient (Wildman–Crippen LogP) is -0.430. The van der Waals surface area contributed by atoms with Crippen molar-refractivity contribution in [3.63, 3.8) is 0 Å². The summed E-state index contributed by atoms with van der Waals surface area (Å²) < 4.78 is 10.5. The highest BCUT2D eigenvalue weighted by atomic mass is 16.7. The van der Waals surface area contributed by atoms with E-state index < -0.39 is 66.2 Å². The Balaban J connectivity index is 1.32. The van der Waals surface area contributed by atoms with E-state index in [1.54, 1.807) is 0 Å². The molecule has 0 bridgehead atoms. The summed E-state index contributed by atoms with van der Waals surface area (Å²) in [6, 6.07) is 0. The summed E-state index contributed by atoms with van der Waals surface area (Å²) in [6.45, 7) is 3.39. The number of aliphatic carboxylic acids is 1. The van der Waals surface area contributed by atoms with Crippen molar-refractivity contribution in [2.75, 3.05) is 6.61 Å². The molecular weight excluding hydrogens is 500 g/mol. The van der Waals surface area contributed by atoms with Crippen LogP contribution in [0.15, 0.2) is 0 Å². The van der Waals surface area contributed by atoms with Gasteiger partial charge in [-0.15, -0.1) is 0 Å². The number of fused-ring (bicyclic) bond motifs is 5. The molecule has 14 atom stereocenters. The van der Waals surface area contributed by atoms with Crippen LogP contribution in [0.4, 0.5) is 0 Å². The van der Waals surface area contributed by atoms with E-state index in [9.17, 15) is 45.3 Å². The minimum absolute atomic E-state index is 0.0133. The molecule has 1 aliphatic heterocycles. The molecule has 5 aliphatic rings. The third-order valence-electron chi connectivity index (χ3n) is 11.4. The molecule has 0 aromatic carbocycles. The molecule has 1 unspecified atom stereocenters. The molecule has 11 nitrogen and oxygen atoms in total. The number of ketones is 1. The number of hydrogen-bond acceptors (Lipinski definition) is 10. The highest BCUT2D eigenvalue weighted by Crippen LogP contribution is 2.68. The Labute approximate surface area is 221 Å². The minimum Gasteiger partial charge on any atom is -0.479 e. The van der Waals surface area contributed by atoms with Gasteiger partial charge in [-0.1, -0.05) is 13.8 Å². The number of hydrogen-bond donors (Lipinski definition) is 7.